The number of allylic oxidation sites excluding steroid dienone is 2. The van der Waals surface area contributed by atoms with Crippen LogP contribution in [0.3, 0.4) is 0 Å². The zero-order valence-electron chi connectivity index (χ0n) is 24.5. The summed E-state index contributed by atoms with van der Waals surface area (Å²) in [6.07, 6.45) is 29.8. The van der Waals surface area contributed by atoms with E-state index < -0.39 is 6.10 Å². The van der Waals surface area contributed by atoms with Gasteiger partial charge in [-0.25, -0.2) is 0 Å². The number of ether oxygens (including phenoxy) is 2. The number of aliphatic hydroxyl groups excluding tert-OH is 1. The average molecular weight is 525 g/mol. The third kappa shape index (κ3) is 27.5. The van der Waals surface area contributed by atoms with Crippen molar-refractivity contribution in [1.82, 2.24) is 0 Å². The minimum Gasteiger partial charge on any atom is -0.462 e. The van der Waals surface area contributed by atoms with Gasteiger partial charge < -0.3 is 14.6 Å². The van der Waals surface area contributed by atoms with Gasteiger partial charge in [0, 0.05) is 12.8 Å². The lowest BCUT2D eigenvalue weighted by atomic mass is 10.1. The highest BCUT2D eigenvalue weighted by Gasteiger charge is 2.16. The molecule has 0 fully saturated rings. The molecule has 0 radical (unpaired) electrons. The first-order chi connectivity index (χ1) is 18.1. The molecule has 1 N–H and O–H groups in total. The Kier molecular flexibility index (Phi) is 28.1. The number of hydrogen-bond donors (Lipinski definition) is 1. The normalized spacial score (nSPS) is 12.2. The molecule has 0 rings (SSSR count). The van der Waals surface area contributed by atoms with Gasteiger partial charge in [-0.3, -0.25) is 9.59 Å². The standard InChI is InChI=1S/C32H60O5/c1-3-5-7-9-11-13-14-15-16-17-19-21-23-25-27-32(35)37-30(28-33)29-36-31(34)26-24-22-20-18-12-10-8-6-4-2/h14-15,30,33H,3-13,16-29H2,1-2H3/b15-14-/t30-/m0/s1. The van der Waals surface area contributed by atoms with Gasteiger partial charge in [-0.15, -0.1) is 0 Å². The summed E-state index contributed by atoms with van der Waals surface area (Å²) >= 11 is 0. The van der Waals surface area contributed by atoms with E-state index in [9.17, 15) is 14.7 Å². The van der Waals surface area contributed by atoms with Crippen molar-refractivity contribution < 1.29 is 24.2 Å². The van der Waals surface area contributed by atoms with Crippen molar-refractivity contribution in [2.45, 2.75) is 168 Å². The Morgan fingerprint density at radius 3 is 1.46 bits per heavy atom. The number of carbonyl (C=O) groups excluding carboxylic acids is 2. The fraction of sp³-hybridized carbons (Fsp3) is 0.875. The minimum absolute atomic E-state index is 0.0647. The van der Waals surface area contributed by atoms with Gasteiger partial charge in [0.05, 0.1) is 6.61 Å². The number of esters is 2. The minimum atomic E-state index is -0.766. The van der Waals surface area contributed by atoms with Crippen LogP contribution in [0, 0.1) is 0 Å². The number of hydrogen-bond acceptors (Lipinski definition) is 5. The molecule has 0 aromatic carbocycles. The summed E-state index contributed by atoms with van der Waals surface area (Å²) in [6, 6.07) is 0. The van der Waals surface area contributed by atoms with Gasteiger partial charge >= 0.3 is 11.9 Å². The van der Waals surface area contributed by atoms with E-state index in [1.54, 1.807) is 0 Å². The van der Waals surface area contributed by atoms with Crippen molar-refractivity contribution in [2.75, 3.05) is 13.2 Å². The Morgan fingerprint density at radius 1 is 0.595 bits per heavy atom. The van der Waals surface area contributed by atoms with Gasteiger partial charge in [-0.05, 0) is 38.5 Å². The van der Waals surface area contributed by atoms with Crippen LogP contribution < -0.4 is 0 Å². The third-order valence-corrected chi connectivity index (χ3v) is 6.81. The lowest BCUT2D eigenvalue weighted by Crippen LogP contribution is -2.28. The van der Waals surface area contributed by atoms with Gasteiger partial charge in [0.2, 0.25) is 0 Å². The molecule has 0 aliphatic heterocycles. The molecule has 0 heterocycles. The molecule has 0 saturated heterocycles. The molecule has 218 valence electrons. The molecular formula is C32H60O5. The number of unbranched alkanes of at least 4 members (excludes halogenated alkanes) is 18. The Morgan fingerprint density at radius 2 is 1.00 bits per heavy atom. The van der Waals surface area contributed by atoms with E-state index in [-0.39, 0.29) is 25.2 Å². The van der Waals surface area contributed by atoms with E-state index >= 15 is 0 Å². The molecule has 0 bridgehead atoms. The molecule has 0 unspecified atom stereocenters. The van der Waals surface area contributed by atoms with E-state index in [1.807, 2.05) is 0 Å². The summed E-state index contributed by atoms with van der Waals surface area (Å²) in [5.41, 5.74) is 0. The second kappa shape index (κ2) is 29.2. The molecule has 5 nitrogen and oxygen atoms in total. The average Bonchev–Trinajstić information content (AvgIpc) is 2.90. The predicted octanol–water partition coefficient (Wildman–Crippen LogP) is 9.00. The lowest BCUT2D eigenvalue weighted by Gasteiger charge is -2.15. The maximum Gasteiger partial charge on any atom is 0.306 e. The highest BCUT2D eigenvalue weighted by molar-refractivity contribution is 5.70. The Hall–Kier alpha value is -1.36. The number of rotatable bonds is 28. The molecule has 0 saturated carbocycles. The van der Waals surface area contributed by atoms with Crippen molar-refractivity contribution in [3.05, 3.63) is 12.2 Å². The van der Waals surface area contributed by atoms with Crippen molar-refractivity contribution in [2.24, 2.45) is 0 Å². The molecule has 0 aromatic rings. The predicted molar refractivity (Wildman–Crippen MR) is 155 cm³/mol. The van der Waals surface area contributed by atoms with E-state index in [0.29, 0.717) is 12.8 Å². The summed E-state index contributed by atoms with van der Waals surface area (Å²) in [4.78, 5) is 24.0. The van der Waals surface area contributed by atoms with Crippen LogP contribution in [-0.4, -0.2) is 36.4 Å². The van der Waals surface area contributed by atoms with Crippen LogP contribution in [0.4, 0.5) is 0 Å². The van der Waals surface area contributed by atoms with E-state index in [4.69, 9.17) is 9.47 Å². The van der Waals surface area contributed by atoms with Crippen molar-refractivity contribution >= 4 is 11.9 Å². The maximum absolute atomic E-state index is 12.0. The number of aliphatic hydroxyl groups is 1. The van der Waals surface area contributed by atoms with Crippen LogP contribution in [0.25, 0.3) is 0 Å². The summed E-state index contributed by atoms with van der Waals surface area (Å²) in [5, 5.41) is 9.46. The van der Waals surface area contributed by atoms with E-state index in [2.05, 4.69) is 26.0 Å². The largest absolute Gasteiger partial charge is 0.462 e. The molecule has 1 atom stereocenters. The topological polar surface area (TPSA) is 72.8 Å². The number of carbonyl (C=O) groups is 2. The molecule has 37 heavy (non-hydrogen) atoms. The van der Waals surface area contributed by atoms with Crippen LogP contribution in [0.5, 0.6) is 0 Å². The zero-order valence-corrected chi connectivity index (χ0v) is 24.5. The third-order valence-electron chi connectivity index (χ3n) is 6.81. The first-order valence-corrected chi connectivity index (χ1v) is 15.7. The summed E-state index contributed by atoms with van der Waals surface area (Å²) < 4.78 is 10.5. The highest BCUT2D eigenvalue weighted by Crippen LogP contribution is 2.12. The van der Waals surface area contributed by atoms with Gasteiger partial charge in [-0.1, -0.05) is 122 Å². The van der Waals surface area contributed by atoms with E-state index in [1.165, 1.54) is 89.9 Å². The van der Waals surface area contributed by atoms with Gasteiger partial charge in [-0.2, -0.15) is 0 Å². The monoisotopic (exact) mass is 524 g/mol. The summed E-state index contributed by atoms with van der Waals surface area (Å²) in [6.45, 7) is 4.08. The van der Waals surface area contributed by atoms with Crippen LogP contribution >= 0.6 is 0 Å². The molecule has 0 aromatic heterocycles. The Labute approximate surface area is 229 Å². The Bertz CT molecular complexity index is 531. The fourth-order valence-electron chi connectivity index (χ4n) is 4.37. The van der Waals surface area contributed by atoms with Crippen molar-refractivity contribution in [1.29, 1.82) is 0 Å². The van der Waals surface area contributed by atoms with Crippen LogP contribution in [0.1, 0.15) is 162 Å². The quantitative estimate of drug-likeness (QED) is 0.0628. The zero-order chi connectivity index (χ0) is 27.2. The second-order valence-corrected chi connectivity index (χ2v) is 10.5. The fourth-order valence-corrected chi connectivity index (χ4v) is 4.37. The van der Waals surface area contributed by atoms with Crippen LogP contribution in [0.15, 0.2) is 12.2 Å². The van der Waals surface area contributed by atoms with Gasteiger partial charge in [0.15, 0.2) is 6.10 Å². The highest BCUT2D eigenvalue weighted by atomic mass is 16.6. The molecule has 0 spiro atoms. The smallest absolute Gasteiger partial charge is 0.306 e. The maximum atomic E-state index is 12.0. The molecule has 5 heteroatoms. The van der Waals surface area contributed by atoms with Gasteiger partial charge in [0.25, 0.3) is 0 Å². The van der Waals surface area contributed by atoms with Crippen LogP contribution in [-0.2, 0) is 19.1 Å². The van der Waals surface area contributed by atoms with Crippen molar-refractivity contribution in [3.63, 3.8) is 0 Å². The molecule has 0 amide bonds. The molecule has 0 aliphatic carbocycles. The van der Waals surface area contributed by atoms with Crippen molar-refractivity contribution in [3.8, 4) is 0 Å². The second-order valence-electron chi connectivity index (χ2n) is 10.5. The van der Waals surface area contributed by atoms with Gasteiger partial charge in [0.1, 0.15) is 6.61 Å². The first-order valence-electron chi connectivity index (χ1n) is 15.7. The Balaban J connectivity index is 3.59. The van der Waals surface area contributed by atoms with E-state index in [0.717, 1.165) is 44.9 Å². The molecule has 0 aliphatic rings. The summed E-state index contributed by atoms with van der Waals surface area (Å²) in [5.74, 6) is -0.602. The lowest BCUT2D eigenvalue weighted by molar-refractivity contribution is -0.161. The molecular weight excluding hydrogens is 464 g/mol. The summed E-state index contributed by atoms with van der Waals surface area (Å²) in [7, 11) is 0. The SMILES string of the molecule is CCCCCCC/C=C\CCCCCCCC(=O)O[C@@H](CO)COC(=O)CCCCCCCCCCC. The van der Waals surface area contributed by atoms with Crippen LogP contribution in [0.2, 0.25) is 0 Å². The first kappa shape index (κ1) is 35.6.